The average molecular weight is 226 g/mol. The van der Waals surface area contributed by atoms with Gasteiger partial charge in [-0.3, -0.25) is 0 Å². The van der Waals surface area contributed by atoms with Gasteiger partial charge in [-0.1, -0.05) is 23.1 Å². The number of nitrogens with two attached hydrogens (primary N) is 1. The molecule has 6 heteroatoms. The molecule has 1 aromatic rings. The van der Waals surface area contributed by atoms with Crippen LogP contribution in [0.25, 0.3) is 0 Å². The molecule has 0 saturated heterocycles. The Morgan fingerprint density at radius 2 is 2.57 bits per heavy atom. The Morgan fingerprint density at radius 1 is 1.79 bits per heavy atom. The number of hydrogen-bond acceptors (Lipinski definition) is 6. The summed E-state index contributed by atoms with van der Waals surface area (Å²) >= 11 is 3.01. The van der Waals surface area contributed by atoms with E-state index in [2.05, 4.69) is 16.3 Å². The van der Waals surface area contributed by atoms with Crippen LogP contribution in [0.4, 0.5) is 0 Å². The molecule has 1 saturated carbocycles. The standard InChI is InChI=1S/C8H10N4S2/c9-3-8(10,6-1-2-6)4-13-7-12-11-5-14-7/h5-6H,1-2,4,10H2. The Balaban J connectivity index is 1.93. The monoisotopic (exact) mass is 226 g/mol. The molecule has 74 valence electrons. The molecule has 1 aliphatic rings. The van der Waals surface area contributed by atoms with Crippen LogP contribution >= 0.6 is 23.1 Å². The van der Waals surface area contributed by atoms with Gasteiger partial charge >= 0.3 is 0 Å². The third-order valence-electron chi connectivity index (χ3n) is 2.29. The van der Waals surface area contributed by atoms with E-state index in [1.807, 2.05) is 0 Å². The fourth-order valence-corrected chi connectivity index (χ4v) is 2.87. The predicted molar refractivity (Wildman–Crippen MR) is 55.9 cm³/mol. The Bertz CT molecular complexity index is 341. The summed E-state index contributed by atoms with van der Waals surface area (Å²) in [6.07, 6.45) is 2.17. The number of thioether (sulfide) groups is 1. The Hall–Kier alpha value is -0.640. The second kappa shape index (κ2) is 3.85. The molecule has 1 aliphatic carbocycles. The molecule has 1 unspecified atom stereocenters. The lowest BCUT2D eigenvalue weighted by Crippen LogP contribution is -2.43. The highest BCUT2D eigenvalue weighted by atomic mass is 32.2. The highest BCUT2D eigenvalue weighted by Crippen LogP contribution is 2.40. The van der Waals surface area contributed by atoms with Crippen LogP contribution in [0.1, 0.15) is 12.8 Å². The Morgan fingerprint density at radius 3 is 3.07 bits per heavy atom. The lowest BCUT2D eigenvalue weighted by atomic mass is 10.00. The number of nitriles is 1. The van der Waals surface area contributed by atoms with Gasteiger partial charge in [0.2, 0.25) is 0 Å². The van der Waals surface area contributed by atoms with E-state index in [9.17, 15) is 0 Å². The first kappa shape index (κ1) is 9.90. The van der Waals surface area contributed by atoms with E-state index < -0.39 is 5.54 Å². The molecule has 0 spiro atoms. The molecule has 14 heavy (non-hydrogen) atoms. The number of aromatic nitrogens is 2. The van der Waals surface area contributed by atoms with Gasteiger partial charge in [-0.25, -0.2) is 0 Å². The third-order valence-corrected chi connectivity index (χ3v) is 4.36. The molecule has 4 nitrogen and oxygen atoms in total. The molecule has 2 N–H and O–H groups in total. The third kappa shape index (κ3) is 2.05. The summed E-state index contributed by atoms with van der Waals surface area (Å²) in [5.41, 5.74) is 7.01. The minimum Gasteiger partial charge on any atom is -0.312 e. The molecule has 0 bridgehead atoms. The van der Waals surface area contributed by atoms with Crippen molar-refractivity contribution in [2.75, 3.05) is 5.75 Å². The largest absolute Gasteiger partial charge is 0.312 e. The molecule has 0 radical (unpaired) electrons. The molecule has 0 aromatic carbocycles. The molecule has 1 heterocycles. The van der Waals surface area contributed by atoms with Crippen LogP contribution in [0.15, 0.2) is 9.85 Å². The summed E-state index contributed by atoms with van der Waals surface area (Å²) in [6, 6.07) is 2.22. The highest BCUT2D eigenvalue weighted by Gasteiger charge is 2.42. The van der Waals surface area contributed by atoms with Gasteiger partial charge in [0.05, 0.1) is 6.07 Å². The van der Waals surface area contributed by atoms with Crippen LogP contribution in [0.5, 0.6) is 0 Å². The zero-order valence-electron chi connectivity index (χ0n) is 7.51. The molecule has 2 rings (SSSR count). The van der Waals surface area contributed by atoms with Gasteiger partial charge < -0.3 is 5.73 Å². The van der Waals surface area contributed by atoms with Crippen molar-refractivity contribution < 1.29 is 0 Å². The maximum atomic E-state index is 9.00. The van der Waals surface area contributed by atoms with Crippen molar-refractivity contribution in [3.05, 3.63) is 5.51 Å². The molecule has 0 aliphatic heterocycles. The van der Waals surface area contributed by atoms with Gasteiger partial charge in [0.25, 0.3) is 0 Å². The van der Waals surface area contributed by atoms with Crippen molar-refractivity contribution in [2.45, 2.75) is 22.7 Å². The van der Waals surface area contributed by atoms with Gasteiger partial charge in [-0.2, -0.15) is 5.26 Å². The van der Waals surface area contributed by atoms with Crippen molar-refractivity contribution in [2.24, 2.45) is 11.7 Å². The van der Waals surface area contributed by atoms with E-state index in [0.29, 0.717) is 11.7 Å². The van der Waals surface area contributed by atoms with Gasteiger partial charge in [-0.15, -0.1) is 10.2 Å². The van der Waals surface area contributed by atoms with Crippen molar-refractivity contribution in [1.29, 1.82) is 5.26 Å². The summed E-state index contributed by atoms with van der Waals surface area (Å²) in [5, 5.41) is 16.6. The molecular weight excluding hydrogens is 216 g/mol. The second-order valence-electron chi connectivity index (χ2n) is 3.42. The summed E-state index contributed by atoms with van der Waals surface area (Å²) in [5.74, 6) is 0.997. The summed E-state index contributed by atoms with van der Waals surface area (Å²) in [7, 11) is 0. The molecular formula is C8H10N4S2. The van der Waals surface area contributed by atoms with Gasteiger partial charge in [0, 0.05) is 5.75 Å². The van der Waals surface area contributed by atoms with Crippen molar-refractivity contribution in [3.63, 3.8) is 0 Å². The summed E-state index contributed by atoms with van der Waals surface area (Å²) in [6.45, 7) is 0. The van der Waals surface area contributed by atoms with Gasteiger partial charge in [0.15, 0.2) is 4.34 Å². The molecule has 1 atom stereocenters. The van der Waals surface area contributed by atoms with Crippen LogP contribution in [0, 0.1) is 17.2 Å². The summed E-state index contributed by atoms with van der Waals surface area (Å²) in [4.78, 5) is 0. The van der Waals surface area contributed by atoms with E-state index in [4.69, 9.17) is 11.0 Å². The van der Waals surface area contributed by atoms with E-state index in [0.717, 1.165) is 17.2 Å². The molecule has 1 aromatic heterocycles. The SMILES string of the molecule is N#CC(N)(CSc1nncs1)C1CC1. The lowest BCUT2D eigenvalue weighted by molar-refractivity contribution is 0.532. The van der Waals surface area contributed by atoms with Gasteiger partial charge in [-0.05, 0) is 18.8 Å². The van der Waals surface area contributed by atoms with Crippen molar-refractivity contribution in [3.8, 4) is 6.07 Å². The first-order valence-corrected chi connectivity index (χ1v) is 6.20. The first-order chi connectivity index (χ1) is 6.74. The van der Waals surface area contributed by atoms with Crippen LogP contribution in [0.2, 0.25) is 0 Å². The lowest BCUT2D eigenvalue weighted by Gasteiger charge is -2.19. The first-order valence-electron chi connectivity index (χ1n) is 4.34. The van der Waals surface area contributed by atoms with E-state index in [1.165, 1.54) is 23.1 Å². The average Bonchev–Trinajstić information content (AvgIpc) is 2.94. The maximum absolute atomic E-state index is 9.00. The van der Waals surface area contributed by atoms with Crippen molar-refractivity contribution >= 4 is 23.1 Å². The fourth-order valence-electron chi connectivity index (χ4n) is 1.25. The number of hydrogen-bond donors (Lipinski definition) is 1. The van der Waals surface area contributed by atoms with Gasteiger partial charge in [0.1, 0.15) is 11.0 Å². The highest BCUT2D eigenvalue weighted by molar-refractivity contribution is 8.01. The minimum absolute atomic E-state index is 0.382. The molecule has 0 amide bonds. The maximum Gasteiger partial charge on any atom is 0.174 e. The minimum atomic E-state index is -0.670. The Kier molecular flexibility index (Phi) is 2.72. The van der Waals surface area contributed by atoms with Crippen LogP contribution in [-0.4, -0.2) is 21.5 Å². The summed E-state index contributed by atoms with van der Waals surface area (Å²) < 4.78 is 0.885. The van der Waals surface area contributed by atoms with Crippen LogP contribution in [0.3, 0.4) is 0 Å². The number of nitrogens with zero attached hydrogens (tertiary/aromatic N) is 3. The van der Waals surface area contributed by atoms with Crippen LogP contribution < -0.4 is 5.73 Å². The topological polar surface area (TPSA) is 75.6 Å². The zero-order valence-corrected chi connectivity index (χ0v) is 9.14. The quantitative estimate of drug-likeness (QED) is 0.782. The van der Waals surface area contributed by atoms with E-state index in [1.54, 1.807) is 5.51 Å². The van der Waals surface area contributed by atoms with E-state index in [-0.39, 0.29) is 0 Å². The van der Waals surface area contributed by atoms with Crippen molar-refractivity contribution in [1.82, 2.24) is 10.2 Å². The molecule has 1 fully saturated rings. The second-order valence-corrected chi connectivity index (χ2v) is 5.48. The smallest absolute Gasteiger partial charge is 0.174 e. The predicted octanol–water partition coefficient (Wildman–Crippen LogP) is 1.26. The van der Waals surface area contributed by atoms with Crippen LogP contribution in [-0.2, 0) is 0 Å². The fraction of sp³-hybridized carbons (Fsp3) is 0.625. The van der Waals surface area contributed by atoms with E-state index >= 15 is 0 Å². The Labute approximate surface area is 90.5 Å². The number of rotatable bonds is 4. The zero-order chi connectivity index (χ0) is 10.0. The normalized spacial score (nSPS) is 20.0.